The largest absolute Gasteiger partial charge is 0.349 e. The lowest BCUT2D eigenvalue weighted by atomic mass is 10.0. The zero-order valence-corrected chi connectivity index (χ0v) is 18.7. The Morgan fingerprint density at radius 3 is 2.38 bits per heavy atom. The summed E-state index contributed by atoms with van der Waals surface area (Å²) in [6.45, 7) is 1.43. The minimum atomic E-state index is -0.593. The number of nitrogens with zero attached hydrogens (tertiary/aromatic N) is 4. The minimum absolute atomic E-state index is 0.0275. The molecule has 3 aromatic rings. The average molecular weight is 481 g/mol. The summed E-state index contributed by atoms with van der Waals surface area (Å²) in [7, 11) is 0. The molecular formula is C23H21ClN6O4. The molecule has 0 atom stereocenters. The van der Waals surface area contributed by atoms with Crippen LogP contribution in [0.4, 0.5) is 17.3 Å². The number of piperidine rings is 1. The van der Waals surface area contributed by atoms with Gasteiger partial charge in [0.1, 0.15) is 0 Å². The zero-order valence-electron chi connectivity index (χ0n) is 18.0. The summed E-state index contributed by atoms with van der Waals surface area (Å²) in [5, 5.41) is 16.6. The van der Waals surface area contributed by atoms with E-state index in [4.69, 9.17) is 11.6 Å². The lowest BCUT2D eigenvalue weighted by Crippen LogP contribution is -2.45. The minimum Gasteiger partial charge on any atom is -0.349 e. The Kier molecular flexibility index (Phi) is 6.98. The van der Waals surface area contributed by atoms with E-state index in [1.807, 2.05) is 0 Å². The van der Waals surface area contributed by atoms with Crippen LogP contribution in [0.15, 0.2) is 60.9 Å². The molecule has 11 heteroatoms. The fourth-order valence-electron chi connectivity index (χ4n) is 3.72. The van der Waals surface area contributed by atoms with Crippen molar-refractivity contribution in [3.05, 3.63) is 87.2 Å². The molecular weight excluding hydrogens is 460 g/mol. The molecule has 174 valence electrons. The normalized spacial score (nSPS) is 13.9. The number of hydrogen-bond acceptors (Lipinski definition) is 7. The van der Waals surface area contributed by atoms with Crippen molar-refractivity contribution in [1.82, 2.24) is 15.3 Å². The summed E-state index contributed by atoms with van der Waals surface area (Å²) in [5.74, 6) is -0.207. The van der Waals surface area contributed by atoms with Gasteiger partial charge in [-0.25, -0.2) is 9.97 Å². The SMILES string of the molecule is O=C(Nc1ccccc1C(=O)NC1CCN(c2ncccn2)CC1)c1ccc([N+](=O)[O-])cc1Cl. The number of para-hydroxylation sites is 1. The van der Waals surface area contributed by atoms with Crippen LogP contribution in [0, 0.1) is 10.1 Å². The van der Waals surface area contributed by atoms with E-state index in [9.17, 15) is 19.7 Å². The van der Waals surface area contributed by atoms with Crippen LogP contribution in [-0.4, -0.2) is 45.8 Å². The quantitative estimate of drug-likeness (QED) is 0.406. The van der Waals surface area contributed by atoms with Gasteiger partial charge in [-0.05, 0) is 37.1 Å². The Morgan fingerprint density at radius 2 is 1.71 bits per heavy atom. The number of carbonyl (C=O) groups excluding carboxylic acids is 2. The summed E-state index contributed by atoms with van der Waals surface area (Å²) in [6.07, 6.45) is 4.87. The predicted octanol–water partition coefficient (Wildman–Crippen LogP) is 3.69. The summed E-state index contributed by atoms with van der Waals surface area (Å²) in [5.41, 5.74) is 0.474. The lowest BCUT2D eigenvalue weighted by Gasteiger charge is -2.32. The van der Waals surface area contributed by atoms with E-state index < -0.39 is 10.8 Å². The highest BCUT2D eigenvalue weighted by molar-refractivity contribution is 6.34. The van der Waals surface area contributed by atoms with Crippen LogP contribution in [0.5, 0.6) is 0 Å². The van der Waals surface area contributed by atoms with Gasteiger partial charge in [0.2, 0.25) is 5.95 Å². The van der Waals surface area contributed by atoms with Gasteiger partial charge in [0, 0.05) is 43.7 Å². The van der Waals surface area contributed by atoms with Gasteiger partial charge in [-0.2, -0.15) is 0 Å². The molecule has 1 aromatic heterocycles. The number of amides is 2. The number of anilines is 2. The van der Waals surface area contributed by atoms with E-state index in [1.165, 1.54) is 12.1 Å². The number of rotatable bonds is 6. The molecule has 0 saturated carbocycles. The van der Waals surface area contributed by atoms with Crippen molar-refractivity contribution in [2.75, 3.05) is 23.3 Å². The first kappa shape index (κ1) is 23.1. The Labute approximate surface area is 200 Å². The second-order valence-electron chi connectivity index (χ2n) is 7.70. The van der Waals surface area contributed by atoms with E-state index in [-0.39, 0.29) is 28.2 Å². The number of benzene rings is 2. The smallest absolute Gasteiger partial charge is 0.270 e. The number of nitrogens with one attached hydrogen (secondary N) is 2. The fraction of sp³-hybridized carbons (Fsp3) is 0.217. The van der Waals surface area contributed by atoms with Gasteiger partial charge in [0.15, 0.2) is 0 Å². The van der Waals surface area contributed by atoms with Crippen LogP contribution in [0.25, 0.3) is 0 Å². The van der Waals surface area contributed by atoms with Crippen molar-refractivity contribution in [3.8, 4) is 0 Å². The Balaban J connectivity index is 1.41. The van der Waals surface area contributed by atoms with Gasteiger partial charge in [-0.1, -0.05) is 23.7 Å². The van der Waals surface area contributed by atoms with E-state index in [1.54, 1.807) is 42.7 Å². The number of hydrogen-bond donors (Lipinski definition) is 2. The maximum absolute atomic E-state index is 13.0. The molecule has 1 fully saturated rings. The van der Waals surface area contributed by atoms with Crippen molar-refractivity contribution in [3.63, 3.8) is 0 Å². The Hall–Kier alpha value is -4.05. The molecule has 0 bridgehead atoms. The maximum atomic E-state index is 13.0. The van der Waals surface area contributed by atoms with E-state index in [0.717, 1.165) is 18.9 Å². The van der Waals surface area contributed by atoms with Crippen molar-refractivity contribution in [1.29, 1.82) is 0 Å². The first-order chi connectivity index (χ1) is 16.4. The van der Waals surface area contributed by atoms with Gasteiger partial charge >= 0.3 is 0 Å². The third kappa shape index (κ3) is 5.29. The van der Waals surface area contributed by atoms with Crippen LogP contribution < -0.4 is 15.5 Å². The number of nitro groups is 1. The molecule has 1 aliphatic heterocycles. The summed E-state index contributed by atoms with van der Waals surface area (Å²) in [6, 6.07) is 12.0. The molecule has 10 nitrogen and oxygen atoms in total. The predicted molar refractivity (Wildman–Crippen MR) is 127 cm³/mol. The van der Waals surface area contributed by atoms with Crippen LogP contribution in [0.2, 0.25) is 5.02 Å². The summed E-state index contributed by atoms with van der Waals surface area (Å²) < 4.78 is 0. The molecule has 0 aliphatic carbocycles. The summed E-state index contributed by atoms with van der Waals surface area (Å²) in [4.78, 5) is 46.6. The van der Waals surface area contributed by atoms with Crippen molar-refractivity contribution >= 4 is 40.7 Å². The molecule has 2 amide bonds. The van der Waals surface area contributed by atoms with Gasteiger partial charge in [-0.15, -0.1) is 0 Å². The molecule has 0 unspecified atom stereocenters. The highest BCUT2D eigenvalue weighted by atomic mass is 35.5. The fourth-order valence-corrected chi connectivity index (χ4v) is 3.98. The topological polar surface area (TPSA) is 130 Å². The number of aromatic nitrogens is 2. The van der Waals surface area contributed by atoms with E-state index >= 15 is 0 Å². The van der Waals surface area contributed by atoms with Gasteiger partial charge in [0.05, 0.1) is 26.8 Å². The van der Waals surface area contributed by atoms with E-state index in [2.05, 4.69) is 25.5 Å². The highest BCUT2D eigenvalue weighted by Gasteiger charge is 2.24. The van der Waals surface area contributed by atoms with Crippen LogP contribution in [0.3, 0.4) is 0 Å². The van der Waals surface area contributed by atoms with Crippen molar-refractivity contribution in [2.45, 2.75) is 18.9 Å². The lowest BCUT2D eigenvalue weighted by molar-refractivity contribution is -0.384. The zero-order chi connectivity index (χ0) is 24.1. The Morgan fingerprint density at radius 1 is 1.00 bits per heavy atom. The van der Waals surface area contributed by atoms with Crippen molar-refractivity contribution < 1.29 is 14.5 Å². The van der Waals surface area contributed by atoms with Crippen LogP contribution >= 0.6 is 11.6 Å². The van der Waals surface area contributed by atoms with Gasteiger partial charge in [-0.3, -0.25) is 19.7 Å². The molecule has 1 saturated heterocycles. The summed E-state index contributed by atoms with van der Waals surface area (Å²) >= 11 is 6.06. The number of nitro benzene ring substituents is 1. The van der Waals surface area contributed by atoms with Gasteiger partial charge in [0.25, 0.3) is 17.5 Å². The second kappa shape index (κ2) is 10.3. The molecule has 4 rings (SSSR count). The molecule has 0 spiro atoms. The molecule has 2 heterocycles. The standard InChI is InChI=1S/C23H21ClN6O4/c24-19-14-16(30(33)34)6-7-17(19)21(31)28-20-5-2-1-4-18(20)22(32)27-15-8-12-29(13-9-15)23-25-10-3-11-26-23/h1-7,10-11,14-15H,8-9,12-13H2,(H,27,32)(H,28,31). The third-order valence-electron chi connectivity index (χ3n) is 5.49. The van der Waals surface area contributed by atoms with Gasteiger partial charge < -0.3 is 15.5 Å². The van der Waals surface area contributed by atoms with Crippen molar-refractivity contribution in [2.24, 2.45) is 0 Å². The number of halogens is 1. The van der Waals surface area contributed by atoms with Crippen LogP contribution in [0.1, 0.15) is 33.6 Å². The average Bonchev–Trinajstić information content (AvgIpc) is 2.85. The molecule has 1 aliphatic rings. The first-order valence-corrected chi connectivity index (χ1v) is 11.0. The first-order valence-electron chi connectivity index (χ1n) is 10.6. The molecule has 2 N–H and O–H groups in total. The third-order valence-corrected chi connectivity index (χ3v) is 5.81. The maximum Gasteiger partial charge on any atom is 0.270 e. The second-order valence-corrected chi connectivity index (χ2v) is 8.11. The molecule has 0 radical (unpaired) electrons. The highest BCUT2D eigenvalue weighted by Crippen LogP contribution is 2.25. The monoisotopic (exact) mass is 480 g/mol. The molecule has 34 heavy (non-hydrogen) atoms. The molecule has 2 aromatic carbocycles. The van der Waals surface area contributed by atoms with E-state index in [0.29, 0.717) is 30.3 Å². The Bertz CT molecular complexity index is 1220. The number of carbonyl (C=O) groups is 2. The van der Waals surface area contributed by atoms with Crippen LogP contribution in [-0.2, 0) is 0 Å². The number of non-ortho nitro benzene ring substituents is 1.